The standard InChI is InChI=1S/C18H23N5O/c1-21-8-4-15(20-21)11-18(24)23-10-6-16-17(23)5-9-22(16)13-14-3-2-7-19-12-14/h2-4,7-8,12,16-17H,5-6,9-11,13H2,1H3/t16-,17+/m0/s1. The van der Waals surface area contributed by atoms with E-state index in [2.05, 4.69) is 25.9 Å². The maximum atomic E-state index is 12.7. The second-order valence-corrected chi connectivity index (χ2v) is 6.79. The Morgan fingerprint density at radius 2 is 2.12 bits per heavy atom. The summed E-state index contributed by atoms with van der Waals surface area (Å²) >= 11 is 0. The van der Waals surface area contributed by atoms with Crippen molar-refractivity contribution in [3.63, 3.8) is 0 Å². The quantitative estimate of drug-likeness (QED) is 0.848. The van der Waals surface area contributed by atoms with E-state index in [1.165, 1.54) is 5.56 Å². The molecule has 0 radical (unpaired) electrons. The van der Waals surface area contributed by atoms with Crippen LogP contribution in [0.5, 0.6) is 0 Å². The zero-order valence-electron chi connectivity index (χ0n) is 14.0. The highest BCUT2D eigenvalue weighted by Crippen LogP contribution is 2.32. The van der Waals surface area contributed by atoms with Crippen LogP contribution in [0.25, 0.3) is 0 Å². The van der Waals surface area contributed by atoms with Crippen molar-refractivity contribution in [2.24, 2.45) is 7.05 Å². The Bertz CT molecular complexity index is 713. The Hall–Kier alpha value is -2.21. The zero-order valence-corrected chi connectivity index (χ0v) is 14.0. The third kappa shape index (κ3) is 2.94. The van der Waals surface area contributed by atoms with Crippen LogP contribution in [0, 0.1) is 0 Å². The Morgan fingerprint density at radius 1 is 1.25 bits per heavy atom. The Labute approximate surface area is 142 Å². The molecule has 0 N–H and O–H groups in total. The zero-order chi connectivity index (χ0) is 16.5. The van der Waals surface area contributed by atoms with Crippen LogP contribution in [0.2, 0.25) is 0 Å². The Balaban J connectivity index is 1.40. The Kier molecular flexibility index (Phi) is 4.06. The SMILES string of the molecule is Cn1ccc(CC(=O)N2CC[C@H]3[C@H]2CCN3Cc2cccnc2)n1. The number of carbonyl (C=O) groups is 1. The molecule has 0 bridgehead atoms. The number of carbonyl (C=O) groups excluding carboxylic acids is 1. The summed E-state index contributed by atoms with van der Waals surface area (Å²) in [5, 5.41) is 4.33. The molecule has 2 aliphatic rings. The Morgan fingerprint density at radius 3 is 2.88 bits per heavy atom. The minimum Gasteiger partial charge on any atom is -0.338 e. The van der Waals surface area contributed by atoms with Gasteiger partial charge in [-0.3, -0.25) is 19.4 Å². The van der Waals surface area contributed by atoms with Gasteiger partial charge in [0.15, 0.2) is 0 Å². The van der Waals surface area contributed by atoms with Gasteiger partial charge in [0.05, 0.1) is 12.1 Å². The third-order valence-electron chi connectivity index (χ3n) is 5.22. The highest BCUT2D eigenvalue weighted by molar-refractivity contribution is 5.79. The number of likely N-dealkylation sites (tertiary alicyclic amines) is 2. The first-order valence-corrected chi connectivity index (χ1v) is 8.61. The number of rotatable bonds is 4. The van der Waals surface area contributed by atoms with Crippen molar-refractivity contribution in [2.45, 2.75) is 37.9 Å². The molecule has 2 aromatic heterocycles. The molecule has 0 spiro atoms. The van der Waals surface area contributed by atoms with Gasteiger partial charge in [-0.25, -0.2) is 0 Å². The summed E-state index contributed by atoms with van der Waals surface area (Å²) in [5.41, 5.74) is 2.10. The van der Waals surface area contributed by atoms with Crippen molar-refractivity contribution in [1.29, 1.82) is 0 Å². The van der Waals surface area contributed by atoms with E-state index in [1.54, 1.807) is 4.68 Å². The minimum atomic E-state index is 0.212. The second kappa shape index (κ2) is 6.36. The normalized spacial score (nSPS) is 23.6. The lowest BCUT2D eigenvalue weighted by Gasteiger charge is -2.25. The van der Waals surface area contributed by atoms with Gasteiger partial charge in [0.25, 0.3) is 0 Å². The van der Waals surface area contributed by atoms with Gasteiger partial charge in [-0.1, -0.05) is 6.07 Å². The molecule has 6 heteroatoms. The van der Waals surface area contributed by atoms with Gasteiger partial charge in [-0.15, -0.1) is 0 Å². The molecule has 0 saturated carbocycles. The summed E-state index contributed by atoms with van der Waals surface area (Å²) in [6.07, 6.45) is 8.18. The first-order chi connectivity index (χ1) is 11.7. The molecular formula is C18H23N5O. The van der Waals surface area contributed by atoms with Crippen LogP contribution in [0.3, 0.4) is 0 Å². The molecule has 4 heterocycles. The van der Waals surface area contributed by atoms with Crippen molar-refractivity contribution >= 4 is 5.91 Å². The van der Waals surface area contributed by atoms with Crippen LogP contribution in [-0.4, -0.2) is 55.6 Å². The fraction of sp³-hybridized carbons (Fsp3) is 0.500. The fourth-order valence-corrected chi connectivity index (χ4v) is 4.12. The van der Waals surface area contributed by atoms with E-state index in [0.717, 1.165) is 38.2 Å². The number of pyridine rings is 1. The molecule has 4 rings (SSSR count). The van der Waals surface area contributed by atoms with Crippen LogP contribution in [0.1, 0.15) is 24.1 Å². The lowest BCUT2D eigenvalue weighted by atomic mass is 10.1. The number of fused-ring (bicyclic) bond motifs is 1. The summed E-state index contributed by atoms with van der Waals surface area (Å²) in [7, 11) is 1.88. The lowest BCUT2D eigenvalue weighted by Crippen LogP contribution is -2.40. The van der Waals surface area contributed by atoms with Gasteiger partial charge >= 0.3 is 0 Å². The van der Waals surface area contributed by atoms with E-state index in [9.17, 15) is 4.79 Å². The molecule has 0 unspecified atom stereocenters. The number of hydrogen-bond donors (Lipinski definition) is 0. The number of aromatic nitrogens is 3. The van der Waals surface area contributed by atoms with Gasteiger partial charge in [-0.05, 0) is 30.5 Å². The molecule has 1 amide bonds. The number of nitrogens with zero attached hydrogens (tertiary/aromatic N) is 5. The number of hydrogen-bond acceptors (Lipinski definition) is 4. The van der Waals surface area contributed by atoms with Gasteiger partial charge in [0, 0.05) is 57.4 Å². The third-order valence-corrected chi connectivity index (χ3v) is 5.22. The summed E-state index contributed by atoms with van der Waals surface area (Å²) < 4.78 is 1.75. The van der Waals surface area contributed by atoms with Crippen molar-refractivity contribution < 1.29 is 4.79 Å². The van der Waals surface area contributed by atoms with Gasteiger partial charge in [0.1, 0.15) is 0 Å². The van der Waals surface area contributed by atoms with E-state index in [4.69, 9.17) is 0 Å². The molecule has 2 aromatic rings. The highest BCUT2D eigenvalue weighted by Gasteiger charge is 2.44. The molecule has 126 valence electrons. The average Bonchev–Trinajstić information content (AvgIpc) is 3.27. The largest absolute Gasteiger partial charge is 0.338 e. The minimum absolute atomic E-state index is 0.212. The van der Waals surface area contributed by atoms with E-state index >= 15 is 0 Å². The molecule has 24 heavy (non-hydrogen) atoms. The van der Waals surface area contributed by atoms with Crippen LogP contribution >= 0.6 is 0 Å². The van der Waals surface area contributed by atoms with E-state index in [0.29, 0.717) is 18.5 Å². The number of amides is 1. The molecule has 0 aliphatic carbocycles. The molecular weight excluding hydrogens is 302 g/mol. The second-order valence-electron chi connectivity index (χ2n) is 6.79. The average molecular weight is 325 g/mol. The van der Waals surface area contributed by atoms with Gasteiger partial charge in [0.2, 0.25) is 5.91 Å². The van der Waals surface area contributed by atoms with E-state index in [1.807, 2.05) is 37.8 Å². The van der Waals surface area contributed by atoms with Crippen LogP contribution in [0.15, 0.2) is 36.8 Å². The predicted octanol–water partition coefficient (Wildman–Crippen LogP) is 1.23. The van der Waals surface area contributed by atoms with Crippen LogP contribution in [-0.2, 0) is 24.8 Å². The monoisotopic (exact) mass is 325 g/mol. The van der Waals surface area contributed by atoms with Crippen molar-refractivity contribution in [3.8, 4) is 0 Å². The first-order valence-electron chi connectivity index (χ1n) is 8.61. The summed E-state index contributed by atoms with van der Waals surface area (Å²) in [5.74, 6) is 0.212. The van der Waals surface area contributed by atoms with Crippen LogP contribution in [0.4, 0.5) is 0 Å². The molecule has 0 aromatic carbocycles. The topological polar surface area (TPSA) is 54.3 Å². The predicted molar refractivity (Wildman–Crippen MR) is 90.1 cm³/mol. The first kappa shape index (κ1) is 15.3. The number of aryl methyl sites for hydroxylation is 1. The van der Waals surface area contributed by atoms with Crippen molar-refractivity contribution in [2.75, 3.05) is 13.1 Å². The van der Waals surface area contributed by atoms with Crippen molar-refractivity contribution in [1.82, 2.24) is 24.6 Å². The lowest BCUT2D eigenvalue weighted by molar-refractivity contribution is -0.131. The van der Waals surface area contributed by atoms with Crippen molar-refractivity contribution in [3.05, 3.63) is 48.0 Å². The molecule has 6 nitrogen and oxygen atoms in total. The molecule has 2 aliphatic heterocycles. The molecule has 2 saturated heterocycles. The molecule has 2 fully saturated rings. The summed E-state index contributed by atoms with van der Waals surface area (Å²) in [4.78, 5) is 21.5. The maximum Gasteiger partial charge on any atom is 0.228 e. The smallest absolute Gasteiger partial charge is 0.228 e. The van der Waals surface area contributed by atoms with E-state index in [-0.39, 0.29) is 5.91 Å². The fourth-order valence-electron chi connectivity index (χ4n) is 4.12. The van der Waals surface area contributed by atoms with E-state index < -0.39 is 0 Å². The highest BCUT2D eigenvalue weighted by atomic mass is 16.2. The van der Waals surface area contributed by atoms with Gasteiger partial charge in [-0.2, -0.15) is 5.10 Å². The van der Waals surface area contributed by atoms with Crippen LogP contribution < -0.4 is 0 Å². The molecule has 2 atom stereocenters. The van der Waals surface area contributed by atoms with Gasteiger partial charge < -0.3 is 4.90 Å². The summed E-state index contributed by atoms with van der Waals surface area (Å²) in [6.45, 7) is 2.85. The summed E-state index contributed by atoms with van der Waals surface area (Å²) in [6, 6.07) is 6.88. The maximum absolute atomic E-state index is 12.7.